The van der Waals surface area contributed by atoms with Gasteiger partial charge in [0, 0.05) is 10.4 Å². The van der Waals surface area contributed by atoms with E-state index in [1.54, 1.807) is 20.3 Å². The van der Waals surface area contributed by atoms with Crippen molar-refractivity contribution in [2.45, 2.75) is 26.2 Å². The van der Waals surface area contributed by atoms with E-state index in [9.17, 15) is 4.79 Å². The van der Waals surface area contributed by atoms with Crippen LogP contribution in [0.5, 0.6) is 11.5 Å². The van der Waals surface area contributed by atoms with Crippen LogP contribution in [0.25, 0.3) is 11.3 Å². The van der Waals surface area contributed by atoms with Gasteiger partial charge in [0.1, 0.15) is 0 Å². The lowest BCUT2D eigenvalue weighted by Crippen LogP contribution is -2.14. The number of hydrogen-bond donors (Lipinski definition) is 1. The normalized spacial score (nSPS) is 10.8. The minimum Gasteiger partial charge on any atom is -0.493 e. The van der Waals surface area contributed by atoms with Gasteiger partial charge in [-0.25, -0.2) is 4.98 Å². The van der Waals surface area contributed by atoms with E-state index < -0.39 is 0 Å². The molecule has 0 fully saturated rings. The lowest BCUT2D eigenvalue weighted by Gasteiger charge is -2.09. The predicted molar refractivity (Wildman–Crippen MR) is 114 cm³/mol. The molecule has 0 aliphatic carbocycles. The Balaban J connectivity index is 1.77. The van der Waals surface area contributed by atoms with Crippen molar-refractivity contribution in [3.05, 3.63) is 59.0 Å². The monoisotopic (exact) mass is 396 g/mol. The molecule has 0 saturated carbocycles. The van der Waals surface area contributed by atoms with E-state index in [0.29, 0.717) is 22.5 Å². The van der Waals surface area contributed by atoms with Crippen molar-refractivity contribution in [1.82, 2.24) is 4.98 Å². The number of carbonyl (C=O) groups excluding carboxylic acids is 1. The molecule has 0 bridgehead atoms. The topological polar surface area (TPSA) is 60.5 Å². The number of thiazole rings is 1. The Morgan fingerprint density at radius 2 is 1.79 bits per heavy atom. The molecule has 0 atom stereocenters. The van der Waals surface area contributed by atoms with Crippen LogP contribution in [-0.4, -0.2) is 25.1 Å². The second-order valence-electron chi connectivity index (χ2n) is 6.67. The third kappa shape index (κ3) is 4.51. The van der Waals surface area contributed by atoms with Gasteiger partial charge in [-0.1, -0.05) is 50.2 Å². The zero-order chi connectivity index (χ0) is 20.1. The lowest BCUT2D eigenvalue weighted by molar-refractivity contribution is -0.115. The number of nitrogens with one attached hydrogen (secondary N) is 1. The van der Waals surface area contributed by atoms with Crippen molar-refractivity contribution in [3.8, 4) is 22.8 Å². The Labute approximate surface area is 169 Å². The average molecular weight is 397 g/mol. The molecule has 146 valence electrons. The van der Waals surface area contributed by atoms with Gasteiger partial charge in [0.15, 0.2) is 16.6 Å². The molecule has 5 nitrogen and oxygen atoms in total. The Morgan fingerprint density at radius 1 is 1.07 bits per heavy atom. The van der Waals surface area contributed by atoms with Gasteiger partial charge in [-0.2, -0.15) is 0 Å². The number of aromatic nitrogens is 1. The number of anilines is 1. The van der Waals surface area contributed by atoms with Gasteiger partial charge in [0.05, 0.1) is 26.3 Å². The third-order valence-electron chi connectivity index (χ3n) is 4.28. The molecule has 6 heteroatoms. The van der Waals surface area contributed by atoms with E-state index in [1.165, 1.54) is 11.3 Å². The van der Waals surface area contributed by atoms with E-state index >= 15 is 0 Å². The summed E-state index contributed by atoms with van der Waals surface area (Å²) in [5.74, 6) is 1.45. The highest BCUT2D eigenvalue weighted by atomic mass is 32.1. The average Bonchev–Trinajstić information content (AvgIpc) is 3.12. The fourth-order valence-electron chi connectivity index (χ4n) is 2.92. The van der Waals surface area contributed by atoms with Crippen LogP contribution in [0.1, 0.15) is 30.2 Å². The van der Waals surface area contributed by atoms with Crippen LogP contribution in [-0.2, 0) is 11.2 Å². The SMILES string of the molecule is COc1ccc(CC(=O)Nc2nc(-c3ccccc3)c(C(C)C)s2)cc1OC. The fourth-order valence-corrected chi connectivity index (χ4v) is 3.92. The zero-order valence-corrected chi connectivity index (χ0v) is 17.3. The summed E-state index contributed by atoms with van der Waals surface area (Å²) in [6.07, 6.45) is 0.234. The van der Waals surface area contributed by atoms with Gasteiger partial charge in [-0.3, -0.25) is 4.79 Å². The minimum absolute atomic E-state index is 0.115. The number of rotatable bonds is 7. The summed E-state index contributed by atoms with van der Waals surface area (Å²) >= 11 is 1.53. The van der Waals surface area contributed by atoms with Crippen molar-refractivity contribution in [1.29, 1.82) is 0 Å². The highest BCUT2D eigenvalue weighted by molar-refractivity contribution is 7.16. The quantitative estimate of drug-likeness (QED) is 0.601. The zero-order valence-electron chi connectivity index (χ0n) is 16.5. The molecule has 0 unspecified atom stereocenters. The van der Waals surface area contributed by atoms with Gasteiger partial charge in [0.2, 0.25) is 5.91 Å². The number of carbonyl (C=O) groups is 1. The van der Waals surface area contributed by atoms with E-state index in [2.05, 4.69) is 24.1 Å². The van der Waals surface area contributed by atoms with Crippen LogP contribution in [0.2, 0.25) is 0 Å². The van der Waals surface area contributed by atoms with Crippen LogP contribution in [0.15, 0.2) is 48.5 Å². The maximum atomic E-state index is 12.5. The van der Waals surface area contributed by atoms with Gasteiger partial charge in [-0.15, -0.1) is 11.3 Å². The minimum atomic E-state index is -0.115. The van der Waals surface area contributed by atoms with E-state index in [0.717, 1.165) is 21.7 Å². The molecule has 1 N–H and O–H groups in total. The van der Waals surface area contributed by atoms with Gasteiger partial charge in [0.25, 0.3) is 0 Å². The summed E-state index contributed by atoms with van der Waals surface area (Å²) in [6, 6.07) is 15.5. The number of ether oxygens (including phenoxy) is 2. The molecule has 3 aromatic rings. The van der Waals surface area contributed by atoms with Crippen LogP contribution >= 0.6 is 11.3 Å². The van der Waals surface area contributed by atoms with Gasteiger partial charge >= 0.3 is 0 Å². The number of amides is 1. The Hall–Kier alpha value is -2.86. The van der Waals surface area contributed by atoms with Crippen molar-refractivity contribution >= 4 is 22.4 Å². The van der Waals surface area contributed by atoms with Crippen LogP contribution in [0.3, 0.4) is 0 Å². The van der Waals surface area contributed by atoms with E-state index in [4.69, 9.17) is 9.47 Å². The third-order valence-corrected chi connectivity index (χ3v) is 5.56. The molecule has 1 amide bonds. The summed E-state index contributed by atoms with van der Waals surface area (Å²) in [7, 11) is 3.17. The Morgan fingerprint density at radius 3 is 2.43 bits per heavy atom. The first kappa shape index (κ1) is 19.9. The summed E-state index contributed by atoms with van der Waals surface area (Å²) in [4.78, 5) is 18.4. The first-order valence-electron chi connectivity index (χ1n) is 9.08. The molecule has 0 aliphatic heterocycles. The van der Waals surface area contributed by atoms with E-state index in [-0.39, 0.29) is 12.3 Å². The molecule has 0 spiro atoms. The summed E-state index contributed by atoms with van der Waals surface area (Å²) in [6.45, 7) is 4.27. The highest BCUT2D eigenvalue weighted by Gasteiger charge is 2.17. The van der Waals surface area contributed by atoms with Crippen molar-refractivity contribution in [3.63, 3.8) is 0 Å². The van der Waals surface area contributed by atoms with Crippen molar-refractivity contribution in [2.24, 2.45) is 0 Å². The maximum Gasteiger partial charge on any atom is 0.230 e. The molecule has 2 aromatic carbocycles. The molecule has 1 aromatic heterocycles. The smallest absolute Gasteiger partial charge is 0.230 e. The Kier molecular flexibility index (Phi) is 6.31. The molecule has 0 saturated heterocycles. The summed E-state index contributed by atoms with van der Waals surface area (Å²) in [5.41, 5.74) is 2.84. The van der Waals surface area contributed by atoms with Gasteiger partial charge in [-0.05, 0) is 23.6 Å². The fraction of sp³-hybridized carbons (Fsp3) is 0.273. The number of methoxy groups -OCH3 is 2. The van der Waals surface area contributed by atoms with Crippen LogP contribution < -0.4 is 14.8 Å². The number of benzene rings is 2. The van der Waals surface area contributed by atoms with Crippen molar-refractivity contribution in [2.75, 3.05) is 19.5 Å². The number of hydrogen-bond acceptors (Lipinski definition) is 5. The highest BCUT2D eigenvalue weighted by Crippen LogP contribution is 2.36. The second kappa shape index (κ2) is 8.89. The summed E-state index contributed by atoms with van der Waals surface area (Å²) in [5, 5.41) is 3.56. The molecule has 3 rings (SSSR count). The molecule has 28 heavy (non-hydrogen) atoms. The first-order chi connectivity index (χ1) is 13.5. The molecule has 0 aliphatic rings. The van der Waals surface area contributed by atoms with Crippen LogP contribution in [0.4, 0.5) is 5.13 Å². The first-order valence-corrected chi connectivity index (χ1v) is 9.90. The second-order valence-corrected chi connectivity index (χ2v) is 7.70. The lowest BCUT2D eigenvalue weighted by atomic mass is 10.1. The Bertz CT molecular complexity index is 952. The van der Waals surface area contributed by atoms with Crippen LogP contribution in [0, 0.1) is 0 Å². The summed E-state index contributed by atoms with van der Waals surface area (Å²) < 4.78 is 10.5. The molecule has 0 radical (unpaired) electrons. The van der Waals surface area contributed by atoms with Crippen molar-refractivity contribution < 1.29 is 14.3 Å². The van der Waals surface area contributed by atoms with E-state index in [1.807, 2.05) is 42.5 Å². The largest absolute Gasteiger partial charge is 0.493 e. The number of nitrogens with zero attached hydrogens (tertiary/aromatic N) is 1. The molecular formula is C22H24N2O3S. The maximum absolute atomic E-state index is 12.5. The molecular weight excluding hydrogens is 372 g/mol. The van der Waals surface area contributed by atoms with Gasteiger partial charge < -0.3 is 14.8 Å². The standard InChI is InChI=1S/C22H24N2O3S/c1-14(2)21-20(16-8-6-5-7-9-16)24-22(28-21)23-19(25)13-15-10-11-17(26-3)18(12-15)27-4/h5-12,14H,13H2,1-4H3,(H,23,24,25). The predicted octanol–water partition coefficient (Wildman–Crippen LogP) is 5.13. The molecule has 1 heterocycles.